The first kappa shape index (κ1) is 18.5. The highest BCUT2D eigenvalue weighted by Gasteiger charge is 2.41. The summed E-state index contributed by atoms with van der Waals surface area (Å²) in [6.45, 7) is 4.46. The third-order valence-corrected chi connectivity index (χ3v) is 5.39. The smallest absolute Gasteiger partial charge is 0.228 e. The van der Waals surface area contributed by atoms with E-state index in [1.165, 1.54) is 0 Å². The molecule has 4 rings (SSSR count). The zero-order valence-electron chi connectivity index (χ0n) is 16.2. The van der Waals surface area contributed by atoms with Crippen molar-refractivity contribution in [3.8, 4) is 5.75 Å². The average Bonchev–Trinajstić information content (AvgIpc) is 2.99. The third kappa shape index (κ3) is 3.60. The van der Waals surface area contributed by atoms with Gasteiger partial charge in [0.25, 0.3) is 0 Å². The maximum Gasteiger partial charge on any atom is 0.228 e. The lowest BCUT2D eigenvalue weighted by Gasteiger charge is -2.42. The largest absolute Gasteiger partial charge is 0.487 e. The molecule has 1 amide bonds. The van der Waals surface area contributed by atoms with Crippen molar-refractivity contribution < 1.29 is 14.6 Å². The van der Waals surface area contributed by atoms with Crippen molar-refractivity contribution in [2.45, 2.75) is 38.4 Å². The van der Waals surface area contributed by atoms with E-state index in [4.69, 9.17) is 4.74 Å². The van der Waals surface area contributed by atoms with Gasteiger partial charge in [-0.2, -0.15) is 0 Å². The van der Waals surface area contributed by atoms with Crippen LogP contribution in [0.1, 0.15) is 24.7 Å². The SMILES string of the molecule is Cc1nc2ccccn2c1CC(=O)N1CC[C@H](Oc2ccccc2)[C@@](C)(O)C1. The Balaban J connectivity index is 1.46. The molecular formula is C22H25N3O3. The Bertz CT molecular complexity index is 981. The molecule has 0 aliphatic carbocycles. The molecule has 3 aromatic rings. The van der Waals surface area contributed by atoms with Crippen LogP contribution in [0.3, 0.4) is 0 Å². The van der Waals surface area contributed by atoms with Gasteiger partial charge in [-0.3, -0.25) is 4.79 Å². The Kier molecular flexibility index (Phi) is 4.81. The van der Waals surface area contributed by atoms with Gasteiger partial charge < -0.3 is 19.1 Å². The monoisotopic (exact) mass is 379 g/mol. The van der Waals surface area contributed by atoms with Crippen molar-refractivity contribution in [2.24, 2.45) is 0 Å². The summed E-state index contributed by atoms with van der Waals surface area (Å²) >= 11 is 0. The van der Waals surface area contributed by atoms with E-state index in [0.717, 1.165) is 22.8 Å². The minimum atomic E-state index is -1.11. The summed E-state index contributed by atoms with van der Waals surface area (Å²) in [7, 11) is 0. The van der Waals surface area contributed by atoms with Gasteiger partial charge in [-0.25, -0.2) is 4.98 Å². The van der Waals surface area contributed by atoms with E-state index < -0.39 is 5.60 Å². The zero-order valence-corrected chi connectivity index (χ0v) is 16.2. The van der Waals surface area contributed by atoms with Crippen molar-refractivity contribution >= 4 is 11.6 Å². The Morgan fingerprint density at radius 2 is 2.00 bits per heavy atom. The van der Waals surface area contributed by atoms with Crippen molar-refractivity contribution in [2.75, 3.05) is 13.1 Å². The molecule has 2 aromatic heterocycles. The molecule has 0 spiro atoms. The molecular weight excluding hydrogens is 354 g/mol. The van der Waals surface area contributed by atoms with Crippen LogP contribution >= 0.6 is 0 Å². The zero-order chi connectivity index (χ0) is 19.7. The molecule has 3 heterocycles. The third-order valence-electron chi connectivity index (χ3n) is 5.39. The molecule has 6 heteroatoms. The van der Waals surface area contributed by atoms with Crippen LogP contribution in [-0.4, -0.2) is 50.1 Å². The lowest BCUT2D eigenvalue weighted by atomic mass is 9.91. The van der Waals surface area contributed by atoms with Crippen LogP contribution in [0.4, 0.5) is 0 Å². The Hall–Kier alpha value is -2.86. The van der Waals surface area contributed by atoms with E-state index in [-0.39, 0.29) is 25.0 Å². The summed E-state index contributed by atoms with van der Waals surface area (Å²) in [6.07, 6.45) is 2.42. The second kappa shape index (κ2) is 7.28. The van der Waals surface area contributed by atoms with Crippen LogP contribution in [-0.2, 0) is 11.2 Å². The molecule has 2 atom stereocenters. The number of imidazole rings is 1. The van der Waals surface area contributed by atoms with Crippen LogP contribution in [0.5, 0.6) is 5.75 Å². The number of aromatic nitrogens is 2. The highest BCUT2D eigenvalue weighted by atomic mass is 16.5. The van der Waals surface area contributed by atoms with Gasteiger partial charge in [0.15, 0.2) is 0 Å². The van der Waals surface area contributed by atoms with Gasteiger partial charge in [0.2, 0.25) is 5.91 Å². The van der Waals surface area contributed by atoms with Gasteiger partial charge in [-0.1, -0.05) is 24.3 Å². The fraction of sp³-hybridized carbons (Fsp3) is 0.364. The molecule has 28 heavy (non-hydrogen) atoms. The number of pyridine rings is 1. The maximum atomic E-state index is 12.9. The molecule has 6 nitrogen and oxygen atoms in total. The summed E-state index contributed by atoms with van der Waals surface area (Å²) in [5, 5.41) is 10.9. The molecule has 0 saturated carbocycles. The van der Waals surface area contributed by atoms with Gasteiger partial charge in [-0.15, -0.1) is 0 Å². The molecule has 1 saturated heterocycles. The summed E-state index contributed by atoms with van der Waals surface area (Å²) in [5.41, 5.74) is 1.47. The summed E-state index contributed by atoms with van der Waals surface area (Å²) in [6, 6.07) is 15.3. The number of nitrogens with zero attached hydrogens (tertiary/aromatic N) is 3. The van der Waals surface area contributed by atoms with Gasteiger partial charge in [0.1, 0.15) is 23.1 Å². The number of aryl methyl sites for hydroxylation is 1. The van der Waals surface area contributed by atoms with Crippen LogP contribution in [0.25, 0.3) is 5.65 Å². The second-order valence-electron chi connectivity index (χ2n) is 7.63. The van der Waals surface area contributed by atoms with Crippen molar-refractivity contribution in [3.63, 3.8) is 0 Å². The Morgan fingerprint density at radius 3 is 2.75 bits per heavy atom. The maximum absolute atomic E-state index is 12.9. The summed E-state index contributed by atoms with van der Waals surface area (Å²) < 4.78 is 7.93. The predicted molar refractivity (Wildman–Crippen MR) is 106 cm³/mol. The number of ether oxygens (including phenoxy) is 1. The molecule has 1 aliphatic heterocycles. The number of fused-ring (bicyclic) bond motifs is 1. The second-order valence-corrected chi connectivity index (χ2v) is 7.63. The average molecular weight is 379 g/mol. The van der Waals surface area contributed by atoms with E-state index >= 15 is 0 Å². The normalized spacial score (nSPS) is 22.4. The number of aliphatic hydroxyl groups is 1. The molecule has 0 unspecified atom stereocenters. The first-order chi connectivity index (χ1) is 13.4. The number of piperidine rings is 1. The number of hydrogen-bond acceptors (Lipinski definition) is 4. The number of benzene rings is 1. The topological polar surface area (TPSA) is 67.1 Å². The molecule has 0 bridgehead atoms. The summed E-state index contributed by atoms with van der Waals surface area (Å²) in [4.78, 5) is 19.2. The van der Waals surface area contributed by atoms with Crippen molar-refractivity contribution in [1.82, 2.24) is 14.3 Å². The fourth-order valence-corrected chi connectivity index (χ4v) is 3.85. The first-order valence-electron chi connectivity index (χ1n) is 9.58. The van der Waals surface area contributed by atoms with Gasteiger partial charge in [0.05, 0.1) is 24.4 Å². The number of para-hydroxylation sites is 1. The number of likely N-dealkylation sites (tertiary alicyclic amines) is 1. The quantitative estimate of drug-likeness (QED) is 0.757. The van der Waals surface area contributed by atoms with E-state index in [1.54, 1.807) is 11.8 Å². The molecule has 1 N–H and O–H groups in total. The first-order valence-corrected chi connectivity index (χ1v) is 9.58. The van der Waals surface area contributed by atoms with Crippen LogP contribution in [0.15, 0.2) is 54.7 Å². The van der Waals surface area contributed by atoms with Crippen LogP contribution in [0.2, 0.25) is 0 Å². The number of rotatable bonds is 4. The minimum absolute atomic E-state index is 0.00723. The summed E-state index contributed by atoms with van der Waals surface area (Å²) in [5.74, 6) is 0.723. The number of β-amino-alcohol motifs (C(OH)–C–C–N with tert-alkyl or cyclic N) is 1. The standard InChI is InChI=1S/C22H25N3O3/c1-16-18(25-12-7-6-10-20(25)23-16)14-21(26)24-13-11-19(22(2,27)15-24)28-17-8-4-3-5-9-17/h3-10,12,19,27H,11,13-15H2,1-2H3/t19-,22-/m0/s1. The molecule has 1 aliphatic rings. The molecule has 1 aromatic carbocycles. The van der Waals surface area contributed by atoms with Crippen LogP contribution in [0, 0.1) is 6.92 Å². The molecule has 146 valence electrons. The number of hydrogen-bond donors (Lipinski definition) is 1. The van der Waals surface area contributed by atoms with Crippen molar-refractivity contribution in [1.29, 1.82) is 0 Å². The van der Waals surface area contributed by atoms with E-state index in [1.807, 2.05) is 66.1 Å². The van der Waals surface area contributed by atoms with Gasteiger partial charge >= 0.3 is 0 Å². The lowest BCUT2D eigenvalue weighted by molar-refractivity contribution is -0.145. The van der Waals surface area contributed by atoms with E-state index in [2.05, 4.69) is 4.98 Å². The predicted octanol–water partition coefficient (Wildman–Crippen LogP) is 2.62. The van der Waals surface area contributed by atoms with E-state index in [0.29, 0.717) is 13.0 Å². The van der Waals surface area contributed by atoms with Crippen LogP contribution < -0.4 is 4.74 Å². The molecule has 0 radical (unpaired) electrons. The number of carbonyl (C=O) groups is 1. The van der Waals surface area contributed by atoms with Crippen molar-refractivity contribution in [3.05, 3.63) is 66.1 Å². The molecule has 1 fully saturated rings. The van der Waals surface area contributed by atoms with E-state index in [9.17, 15) is 9.90 Å². The Morgan fingerprint density at radius 1 is 1.25 bits per heavy atom. The van der Waals surface area contributed by atoms with Gasteiger partial charge in [-0.05, 0) is 38.1 Å². The number of amides is 1. The fourth-order valence-electron chi connectivity index (χ4n) is 3.85. The number of carbonyl (C=O) groups excluding carboxylic acids is 1. The van der Waals surface area contributed by atoms with Gasteiger partial charge in [0, 0.05) is 19.2 Å². The highest BCUT2D eigenvalue weighted by Crippen LogP contribution is 2.27. The lowest BCUT2D eigenvalue weighted by Crippen LogP contribution is -2.58. The highest BCUT2D eigenvalue weighted by molar-refractivity contribution is 5.79. The Labute approximate surface area is 164 Å². The minimum Gasteiger partial charge on any atom is -0.487 e.